The van der Waals surface area contributed by atoms with Gasteiger partial charge >= 0.3 is 5.97 Å². The van der Waals surface area contributed by atoms with Gasteiger partial charge in [0.1, 0.15) is 6.07 Å². The van der Waals surface area contributed by atoms with Crippen LogP contribution in [0.15, 0.2) is 53.1 Å². The quantitative estimate of drug-likeness (QED) is 0.375. The summed E-state index contributed by atoms with van der Waals surface area (Å²) in [5, 5.41) is 15.4. The van der Waals surface area contributed by atoms with Crippen molar-refractivity contribution in [2.24, 2.45) is 5.10 Å². The van der Waals surface area contributed by atoms with E-state index in [2.05, 4.69) is 26.6 Å². The molecule has 0 saturated heterocycles. The zero-order valence-corrected chi connectivity index (χ0v) is 15.9. The van der Waals surface area contributed by atoms with Crippen molar-refractivity contribution >= 4 is 28.7 Å². The molecule has 0 aliphatic heterocycles. The average Bonchev–Trinajstić information content (AvgIpc) is 3.16. The lowest BCUT2D eigenvalue weighted by molar-refractivity contribution is -0.142. The maximum Gasteiger partial charge on any atom is 0.311 e. The number of thiazole rings is 1. The molecule has 2 aromatic heterocycles. The van der Waals surface area contributed by atoms with Crippen LogP contribution in [0.1, 0.15) is 23.7 Å². The van der Waals surface area contributed by atoms with Crippen LogP contribution in [0, 0.1) is 11.3 Å². The Morgan fingerprint density at radius 2 is 2.14 bits per heavy atom. The lowest BCUT2D eigenvalue weighted by atomic mass is 10.1. The van der Waals surface area contributed by atoms with Crippen molar-refractivity contribution in [2.75, 3.05) is 12.0 Å². The number of hydrazone groups is 1. The lowest BCUT2D eigenvalue weighted by Crippen LogP contribution is -2.07. The third-order valence-electron chi connectivity index (χ3n) is 3.66. The molecule has 0 aliphatic carbocycles. The summed E-state index contributed by atoms with van der Waals surface area (Å²) < 4.78 is 4.90. The molecule has 0 bridgehead atoms. The number of nitrogens with zero attached hydrogens (tertiary/aromatic N) is 4. The van der Waals surface area contributed by atoms with Crippen LogP contribution in [0.2, 0.25) is 0 Å². The van der Waals surface area contributed by atoms with E-state index < -0.39 is 0 Å². The molecular weight excluding hydrogens is 374 g/mol. The third kappa shape index (κ3) is 5.22. The fraction of sp³-hybridized carbons (Fsp3) is 0.150. The zero-order chi connectivity index (χ0) is 19.8. The van der Waals surface area contributed by atoms with Crippen molar-refractivity contribution in [1.82, 2.24) is 9.97 Å². The monoisotopic (exact) mass is 391 g/mol. The molecule has 0 amide bonds. The van der Waals surface area contributed by atoms with E-state index in [1.165, 1.54) is 11.3 Å². The summed E-state index contributed by atoms with van der Waals surface area (Å²) in [7, 11) is 0. The summed E-state index contributed by atoms with van der Waals surface area (Å²) in [4.78, 5) is 20.0. The van der Waals surface area contributed by atoms with E-state index in [1.807, 2.05) is 30.3 Å². The number of carbonyl (C=O) groups excluding carboxylic acids is 1. The lowest BCUT2D eigenvalue weighted by Gasteiger charge is -2.01. The number of esters is 1. The van der Waals surface area contributed by atoms with Gasteiger partial charge in [-0.15, -0.1) is 11.3 Å². The van der Waals surface area contributed by atoms with Crippen LogP contribution in [0.25, 0.3) is 11.3 Å². The molecule has 0 fully saturated rings. The molecule has 0 radical (unpaired) electrons. The Hall–Kier alpha value is -3.57. The van der Waals surface area contributed by atoms with Gasteiger partial charge in [-0.3, -0.25) is 15.2 Å². The fourth-order valence-corrected chi connectivity index (χ4v) is 2.99. The number of nitrogens with one attached hydrogen (secondary N) is 1. The van der Waals surface area contributed by atoms with Crippen molar-refractivity contribution in [3.63, 3.8) is 0 Å². The standard InChI is InChI=1S/C20H17N5O2S/c1-2-27-19(26)9-17-13-28-20(24-17)25-23-12-14-3-6-16(7-4-14)18-8-5-15(10-21)11-22-18/h3-8,11-13H,2,9H2,1H3,(H,24,25). The largest absolute Gasteiger partial charge is 0.466 e. The van der Waals surface area contributed by atoms with Gasteiger partial charge in [0.25, 0.3) is 0 Å². The number of ether oxygens (including phenoxy) is 1. The normalized spacial score (nSPS) is 10.6. The number of anilines is 1. The van der Waals surface area contributed by atoms with E-state index in [0.717, 1.165) is 16.8 Å². The minimum Gasteiger partial charge on any atom is -0.466 e. The molecular formula is C20H17N5O2S. The molecule has 0 aliphatic rings. The Bertz CT molecular complexity index is 1000. The van der Waals surface area contributed by atoms with Gasteiger partial charge in [-0.2, -0.15) is 10.4 Å². The molecule has 3 rings (SSSR count). The number of nitriles is 1. The van der Waals surface area contributed by atoms with Crippen molar-refractivity contribution < 1.29 is 9.53 Å². The van der Waals surface area contributed by atoms with Crippen LogP contribution in [-0.2, 0) is 16.0 Å². The van der Waals surface area contributed by atoms with Gasteiger partial charge in [0.05, 0.1) is 36.2 Å². The topological polar surface area (TPSA) is 100 Å². The Kier molecular flexibility index (Phi) is 6.44. The van der Waals surface area contributed by atoms with Crippen LogP contribution >= 0.6 is 11.3 Å². The molecule has 0 spiro atoms. The van der Waals surface area contributed by atoms with Crippen molar-refractivity contribution in [3.05, 3.63) is 64.8 Å². The van der Waals surface area contributed by atoms with E-state index in [0.29, 0.717) is 23.0 Å². The second kappa shape index (κ2) is 9.39. The van der Waals surface area contributed by atoms with Crippen LogP contribution in [0.4, 0.5) is 5.13 Å². The van der Waals surface area contributed by atoms with Gasteiger partial charge in [0.2, 0.25) is 5.13 Å². The number of rotatable bonds is 7. The van der Waals surface area contributed by atoms with Gasteiger partial charge in [-0.25, -0.2) is 4.98 Å². The fourth-order valence-electron chi connectivity index (χ4n) is 2.33. The Morgan fingerprint density at radius 1 is 1.32 bits per heavy atom. The van der Waals surface area contributed by atoms with Crippen LogP contribution in [-0.4, -0.2) is 28.8 Å². The smallest absolute Gasteiger partial charge is 0.311 e. The predicted octanol–water partition coefficient (Wildman–Crippen LogP) is 3.63. The highest BCUT2D eigenvalue weighted by atomic mass is 32.1. The highest BCUT2D eigenvalue weighted by Gasteiger charge is 2.07. The van der Waals surface area contributed by atoms with Crippen molar-refractivity contribution in [1.29, 1.82) is 5.26 Å². The number of benzene rings is 1. The van der Waals surface area contributed by atoms with Crippen molar-refractivity contribution in [3.8, 4) is 17.3 Å². The first-order valence-electron chi connectivity index (χ1n) is 8.53. The molecule has 3 aromatic rings. The molecule has 2 heterocycles. The van der Waals surface area contributed by atoms with Crippen molar-refractivity contribution in [2.45, 2.75) is 13.3 Å². The predicted molar refractivity (Wildman–Crippen MR) is 108 cm³/mol. The SMILES string of the molecule is CCOC(=O)Cc1csc(NN=Cc2ccc(-c3ccc(C#N)cn3)cc2)n1. The molecule has 28 heavy (non-hydrogen) atoms. The second-order valence-electron chi connectivity index (χ2n) is 5.66. The first kappa shape index (κ1) is 19.2. The number of carbonyl (C=O) groups is 1. The number of hydrogen-bond acceptors (Lipinski definition) is 8. The average molecular weight is 391 g/mol. The molecule has 140 valence electrons. The summed E-state index contributed by atoms with van der Waals surface area (Å²) >= 11 is 1.37. The van der Waals surface area contributed by atoms with E-state index in [-0.39, 0.29) is 12.4 Å². The van der Waals surface area contributed by atoms with E-state index in [4.69, 9.17) is 10.00 Å². The highest BCUT2D eigenvalue weighted by molar-refractivity contribution is 7.13. The minimum absolute atomic E-state index is 0.153. The summed E-state index contributed by atoms with van der Waals surface area (Å²) in [6.45, 7) is 2.13. The van der Waals surface area contributed by atoms with E-state index in [1.54, 1.807) is 30.8 Å². The van der Waals surface area contributed by atoms with E-state index >= 15 is 0 Å². The van der Waals surface area contributed by atoms with Gasteiger partial charge in [0.15, 0.2) is 0 Å². The van der Waals surface area contributed by atoms with Gasteiger partial charge in [0, 0.05) is 17.1 Å². The van der Waals surface area contributed by atoms with Gasteiger partial charge in [-0.1, -0.05) is 24.3 Å². The first-order valence-corrected chi connectivity index (χ1v) is 9.41. The Labute approximate surface area is 166 Å². The third-order valence-corrected chi connectivity index (χ3v) is 4.45. The molecule has 1 aromatic carbocycles. The summed E-state index contributed by atoms with van der Waals surface area (Å²) in [5.74, 6) is -0.292. The van der Waals surface area contributed by atoms with Crippen LogP contribution in [0.3, 0.4) is 0 Å². The molecule has 7 nitrogen and oxygen atoms in total. The summed E-state index contributed by atoms with van der Waals surface area (Å²) in [5.41, 5.74) is 6.72. The number of hydrogen-bond donors (Lipinski definition) is 1. The van der Waals surface area contributed by atoms with Gasteiger partial charge in [-0.05, 0) is 24.6 Å². The minimum atomic E-state index is -0.292. The molecule has 8 heteroatoms. The number of aromatic nitrogens is 2. The Balaban J connectivity index is 1.57. The maximum absolute atomic E-state index is 11.5. The summed E-state index contributed by atoms with van der Waals surface area (Å²) in [6, 6.07) is 13.3. The summed E-state index contributed by atoms with van der Waals surface area (Å²) in [6.07, 6.45) is 3.39. The molecule has 0 saturated carbocycles. The van der Waals surface area contributed by atoms with E-state index in [9.17, 15) is 4.79 Å². The molecule has 0 atom stereocenters. The highest BCUT2D eigenvalue weighted by Crippen LogP contribution is 2.18. The second-order valence-corrected chi connectivity index (χ2v) is 6.52. The number of pyridine rings is 1. The molecule has 1 N–H and O–H groups in total. The Morgan fingerprint density at radius 3 is 2.82 bits per heavy atom. The van der Waals surface area contributed by atoms with Gasteiger partial charge < -0.3 is 4.74 Å². The maximum atomic E-state index is 11.5. The zero-order valence-electron chi connectivity index (χ0n) is 15.1. The van der Waals surface area contributed by atoms with Crippen LogP contribution < -0.4 is 5.43 Å². The molecule has 0 unspecified atom stereocenters. The van der Waals surface area contributed by atoms with Crippen LogP contribution in [0.5, 0.6) is 0 Å². The first-order chi connectivity index (χ1) is 13.7.